The van der Waals surface area contributed by atoms with Gasteiger partial charge >= 0.3 is 0 Å². The number of hydrogen-bond donors (Lipinski definition) is 1. The molecule has 2 aromatic rings. The van der Waals surface area contributed by atoms with Gasteiger partial charge in [0.1, 0.15) is 24.5 Å². The van der Waals surface area contributed by atoms with E-state index >= 15 is 0 Å². The predicted molar refractivity (Wildman–Crippen MR) is 68.0 cm³/mol. The Kier molecular flexibility index (Phi) is 2.68. The minimum atomic E-state index is 0.136. The molecule has 0 radical (unpaired) electrons. The lowest BCUT2D eigenvalue weighted by Gasteiger charge is -2.12. The number of para-hydroxylation sites is 1. The molecule has 1 aromatic carbocycles. The monoisotopic (exact) mass is 291 g/mol. The van der Waals surface area contributed by atoms with E-state index in [0.29, 0.717) is 6.61 Å². The van der Waals surface area contributed by atoms with Crippen molar-refractivity contribution < 1.29 is 4.74 Å². The van der Waals surface area contributed by atoms with Crippen molar-refractivity contribution in [1.29, 1.82) is 0 Å². The highest BCUT2D eigenvalue weighted by atomic mass is 79.9. The van der Waals surface area contributed by atoms with E-state index in [-0.39, 0.29) is 6.04 Å². The zero-order chi connectivity index (χ0) is 11.7. The summed E-state index contributed by atoms with van der Waals surface area (Å²) in [7, 11) is 0. The summed E-state index contributed by atoms with van der Waals surface area (Å²) in [6.07, 6.45) is 3.24. The maximum Gasteiger partial charge on any atom is 0.144 e. The average molecular weight is 292 g/mol. The van der Waals surface area contributed by atoms with Crippen molar-refractivity contribution in [1.82, 2.24) is 9.97 Å². The lowest BCUT2D eigenvalue weighted by Crippen LogP contribution is -2.13. The molecule has 1 aliphatic heterocycles. The van der Waals surface area contributed by atoms with Crippen LogP contribution in [0.1, 0.15) is 11.6 Å². The Hall–Kier alpha value is -1.62. The molecule has 0 aliphatic carbocycles. The number of anilines is 1. The molecule has 3 rings (SSSR count). The largest absolute Gasteiger partial charge is 0.491 e. The van der Waals surface area contributed by atoms with Gasteiger partial charge in [0.15, 0.2) is 0 Å². The van der Waals surface area contributed by atoms with Crippen molar-refractivity contribution in [3.05, 3.63) is 46.8 Å². The van der Waals surface area contributed by atoms with Crippen LogP contribution in [0.5, 0.6) is 5.75 Å². The fourth-order valence-electron chi connectivity index (χ4n) is 1.87. The van der Waals surface area contributed by atoms with E-state index in [9.17, 15) is 0 Å². The zero-order valence-corrected chi connectivity index (χ0v) is 10.5. The quantitative estimate of drug-likeness (QED) is 0.924. The van der Waals surface area contributed by atoms with Crippen LogP contribution < -0.4 is 10.1 Å². The lowest BCUT2D eigenvalue weighted by molar-refractivity contribution is 0.339. The summed E-state index contributed by atoms with van der Waals surface area (Å²) in [5, 5.41) is 3.34. The van der Waals surface area contributed by atoms with Crippen molar-refractivity contribution in [2.24, 2.45) is 0 Å². The van der Waals surface area contributed by atoms with Crippen molar-refractivity contribution in [3.8, 4) is 5.75 Å². The number of nitrogens with one attached hydrogen (secondary N) is 1. The molecule has 1 aromatic heterocycles. The van der Waals surface area contributed by atoms with Gasteiger partial charge in [-0.05, 0) is 22.0 Å². The fourth-order valence-corrected chi connectivity index (χ4v) is 2.20. The minimum Gasteiger partial charge on any atom is -0.491 e. The molecule has 86 valence electrons. The van der Waals surface area contributed by atoms with Gasteiger partial charge in [-0.25, -0.2) is 9.97 Å². The second kappa shape index (κ2) is 4.33. The first-order valence-corrected chi connectivity index (χ1v) is 6.07. The molecule has 1 unspecified atom stereocenters. The van der Waals surface area contributed by atoms with Crippen LogP contribution in [-0.2, 0) is 0 Å². The van der Waals surface area contributed by atoms with Gasteiger partial charge < -0.3 is 10.1 Å². The molecule has 0 spiro atoms. The molecular formula is C12H10BrN3O. The second-order valence-corrected chi connectivity index (χ2v) is 4.62. The minimum absolute atomic E-state index is 0.136. The van der Waals surface area contributed by atoms with E-state index < -0.39 is 0 Å². The van der Waals surface area contributed by atoms with Crippen LogP contribution in [0.2, 0.25) is 0 Å². The van der Waals surface area contributed by atoms with E-state index in [1.807, 2.05) is 18.2 Å². The maximum atomic E-state index is 5.60. The summed E-state index contributed by atoms with van der Waals surface area (Å²) in [5.41, 5.74) is 1.16. The molecule has 17 heavy (non-hydrogen) atoms. The van der Waals surface area contributed by atoms with Crippen LogP contribution in [0.15, 0.2) is 41.3 Å². The number of aromatic nitrogens is 2. The van der Waals surface area contributed by atoms with Gasteiger partial charge in [-0.3, -0.25) is 0 Å². The smallest absolute Gasteiger partial charge is 0.144 e. The summed E-state index contributed by atoms with van der Waals surface area (Å²) in [5.74, 6) is 1.72. The van der Waals surface area contributed by atoms with Gasteiger partial charge in [0.25, 0.3) is 0 Å². The summed E-state index contributed by atoms with van der Waals surface area (Å²) < 4.78 is 6.45. The van der Waals surface area contributed by atoms with Gasteiger partial charge in [0, 0.05) is 11.8 Å². The van der Waals surface area contributed by atoms with E-state index in [0.717, 1.165) is 21.6 Å². The first-order valence-electron chi connectivity index (χ1n) is 5.28. The van der Waals surface area contributed by atoms with Crippen LogP contribution in [0, 0.1) is 0 Å². The number of rotatable bonds is 2. The van der Waals surface area contributed by atoms with Crippen LogP contribution >= 0.6 is 15.9 Å². The number of ether oxygens (including phenoxy) is 1. The van der Waals surface area contributed by atoms with Crippen LogP contribution in [0.25, 0.3) is 0 Å². The zero-order valence-electron chi connectivity index (χ0n) is 8.93. The van der Waals surface area contributed by atoms with Crippen molar-refractivity contribution in [2.45, 2.75) is 6.04 Å². The number of hydrogen-bond acceptors (Lipinski definition) is 4. The summed E-state index contributed by atoms with van der Waals surface area (Å²) in [6.45, 7) is 0.621. The number of benzene rings is 1. The topological polar surface area (TPSA) is 47.0 Å². The SMILES string of the molecule is Brc1cncnc1NC1COc2ccccc21. The van der Waals surface area contributed by atoms with E-state index in [1.165, 1.54) is 6.33 Å². The highest BCUT2D eigenvalue weighted by Crippen LogP contribution is 2.34. The standard InChI is InChI=1S/C12H10BrN3O/c13-9-5-14-7-15-12(9)16-10-6-17-11-4-2-1-3-8(10)11/h1-5,7,10H,6H2,(H,14,15,16). The highest BCUT2D eigenvalue weighted by Gasteiger charge is 2.24. The molecular weight excluding hydrogens is 282 g/mol. The van der Waals surface area contributed by atoms with Crippen LogP contribution in [0.3, 0.4) is 0 Å². The molecule has 4 nitrogen and oxygen atoms in total. The first-order chi connectivity index (χ1) is 8.34. The lowest BCUT2D eigenvalue weighted by atomic mass is 10.1. The fraction of sp³-hybridized carbons (Fsp3) is 0.167. The van der Waals surface area contributed by atoms with Gasteiger partial charge in [-0.15, -0.1) is 0 Å². The third-order valence-corrected chi connectivity index (χ3v) is 3.26. The van der Waals surface area contributed by atoms with Gasteiger partial charge in [0.2, 0.25) is 0 Å². The van der Waals surface area contributed by atoms with Gasteiger partial charge in [-0.1, -0.05) is 18.2 Å². The average Bonchev–Trinajstić information content (AvgIpc) is 2.76. The highest BCUT2D eigenvalue weighted by molar-refractivity contribution is 9.10. The van der Waals surface area contributed by atoms with E-state index in [4.69, 9.17) is 4.74 Å². The maximum absolute atomic E-state index is 5.60. The Bertz CT molecular complexity index is 547. The molecule has 5 heteroatoms. The molecule has 1 atom stereocenters. The third kappa shape index (κ3) is 1.98. The normalized spacial score (nSPS) is 17.4. The molecule has 0 saturated heterocycles. The molecule has 1 N–H and O–H groups in total. The van der Waals surface area contributed by atoms with Gasteiger partial charge in [0.05, 0.1) is 10.5 Å². The molecule has 0 fully saturated rings. The predicted octanol–water partition coefficient (Wildman–Crippen LogP) is 2.78. The van der Waals surface area contributed by atoms with Crippen molar-refractivity contribution >= 4 is 21.7 Å². The number of fused-ring (bicyclic) bond motifs is 1. The van der Waals surface area contributed by atoms with E-state index in [2.05, 4.69) is 37.3 Å². The Morgan fingerprint density at radius 2 is 2.24 bits per heavy atom. The van der Waals surface area contributed by atoms with Crippen molar-refractivity contribution in [2.75, 3.05) is 11.9 Å². The summed E-state index contributed by atoms with van der Waals surface area (Å²) in [4.78, 5) is 8.12. The summed E-state index contributed by atoms with van der Waals surface area (Å²) in [6, 6.07) is 8.16. The molecule has 1 aliphatic rings. The van der Waals surface area contributed by atoms with Crippen LogP contribution in [0.4, 0.5) is 5.82 Å². The Morgan fingerprint density at radius 1 is 1.35 bits per heavy atom. The Labute approximate surface area is 107 Å². The molecule has 0 saturated carbocycles. The molecule has 0 amide bonds. The van der Waals surface area contributed by atoms with Crippen molar-refractivity contribution in [3.63, 3.8) is 0 Å². The van der Waals surface area contributed by atoms with E-state index in [1.54, 1.807) is 6.20 Å². The summed E-state index contributed by atoms with van der Waals surface area (Å²) >= 11 is 3.42. The third-order valence-electron chi connectivity index (χ3n) is 2.68. The Balaban J connectivity index is 1.87. The van der Waals surface area contributed by atoms with Crippen LogP contribution in [-0.4, -0.2) is 16.6 Å². The number of halogens is 1. The molecule has 2 heterocycles. The Morgan fingerprint density at radius 3 is 3.12 bits per heavy atom. The van der Waals surface area contributed by atoms with Gasteiger partial charge in [-0.2, -0.15) is 0 Å². The first kappa shape index (κ1) is 10.5. The second-order valence-electron chi connectivity index (χ2n) is 3.77. The molecule has 0 bridgehead atoms. The number of nitrogens with zero attached hydrogens (tertiary/aromatic N) is 2.